The van der Waals surface area contributed by atoms with Crippen LogP contribution in [0.4, 0.5) is 4.39 Å². The first kappa shape index (κ1) is 20.4. The Morgan fingerprint density at radius 1 is 0.931 bits per heavy atom. The fraction of sp³-hybridized carbons (Fsp3) is 0.167. The predicted molar refractivity (Wildman–Crippen MR) is 103 cm³/mol. The molecule has 0 fully saturated rings. The van der Waals surface area contributed by atoms with Crippen LogP contribution in [0.25, 0.3) is 11.0 Å². The third kappa shape index (κ3) is 5.15. The highest BCUT2D eigenvalue weighted by atomic mass is 32.2. The summed E-state index contributed by atoms with van der Waals surface area (Å²) in [5.41, 5.74) is -0.620. The standard InChI is InChI=1S/C18H17FN4O5S/c19-12-3-1-11(2-4-12)9-16(24)20-7-8-21-29(27,28)13-5-6-14-15(10-13)23-18(26)17(25)22-14/h1-6,10,21H,7-9H2,(H,20,24)(H,22,25)(H,23,26). The van der Waals surface area contributed by atoms with E-state index < -0.39 is 27.0 Å². The van der Waals surface area contributed by atoms with Gasteiger partial charge in [0.05, 0.1) is 22.3 Å². The Morgan fingerprint density at radius 3 is 2.28 bits per heavy atom. The van der Waals surface area contributed by atoms with E-state index >= 15 is 0 Å². The number of fused-ring (bicyclic) bond motifs is 1. The van der Waals surface area contributed by atoms with E-state index in [2.05, 4.69) is 20.0 Å². The monoisotopic (exact) mass is 420 g/mol. The van der Waals surface area contributed by atoms with Gasteiger partial charge < -0.3 is 15.3 Å². The number of nitrogens with one attached hydrogen (secondary N) is 4. The number of carbonyl (C=O) groups excluding carboxylic acids is 1. The van der Waals surface area contributed by atoms with Crippen LogP contribution in [-0.4, -0.2) is 37.4 Å². The molecule has 0 spiro atoms. The van der Waals surface area contributed by atoms with Crippen LogP contribution in [0.5, 0.6) is 0 Å². The lowest BCUT2D eigenvalue weighted by Crippen LogP contribution is -2.35. The third-order valence-corrected chi connectivity index (χ3v) is 5.48. The highest BCUT2D eigenvalue weighted by Crippen LogP contribution is 2.14. The van der Waals surface area contributed by atoms with Crippen molar-refractivity contribution >= 4 is 27.0 Å². The average molecular weight is 420 g/mol. The van der Waals surface area contributed by atoms with Crippen LogP contribution in [0, 0.1) is 5.82 Å². The molecule has 0 saturated heterocycles. The van der Waals surface area contributed by atoms with E-state index in [-0.39, 0.29) is 35.8 Å². The molecule has 0 aliphatic carbocycles. The largest absolute Gasteiger partial charge is 0.355 e. The molecule has 1 aromatic heterocycles. The molecule has 29 heavy (non-hydrogen) atoms. The lowest BCUT2D eigenvalue weighted by atomic mass is 10.1. The average Bonchev–Trinajstić information content (AvgIpc) is 2.67. The van der Waals surface area contributed by atoms with Crippen LogP contribution >= 0.6 is 0 Å². The molecule has 0 aliphatic heterocycles. The molecule has 1 heterocycles. The van der Waals surface area contributed by atoms with Crippen molar-refractivity contribution in [1.82, 2.24) is 20.0 Å². The number of hydrogen-bond acceptors (Lipinski definition) is 5. The maximum Gasteiger partial charge on any atom is 0.314 e. The van der Waals surface area contributed by atoms with Crippen molar-refractivity contribution in [1.29, 1.82) is 0 Å². The zero-order valence-corrected chi connectivity index (χ0v) is 15.8. The van der Waals surface area contributed by atoms with Crippen molar-refractivity contribution in [3.05, 3.63) is 74.6 Å². The number of halogens is 1. The molecule has 3 aromatic rings. The zero-order valence-electron chi connectivity index (χ0n) is 15.0. The number of aromatic amines is 2. The van der Waals surface area contributed by atoms with E-state index in [9.17, 15) is 27.2 Å². The quantitative estimate of drug-likeness (QED) is 0.314. The van der Waals surface area contributed by atoms with Gasteiger partial charge in [-0.1, -0.05) is 12.1 Å². The van der Waals surface area contributed by atoms with Gasteiger partial charge in [0.25, 0.3) is 0 Å². The van der Waals surface area contributed by atoms with E-state index in [1.165, 1.54) is 42.5 Å². The molecule has 9 nitrogen and oxygen atoms in total. The van der Waals surface area contributed by atoms with E-state index in [0.29, 0.717) is 11.1 Å². The van der Waals surface area contributed by atoms with E-state index in [1.54, 1.807) is 0 Å². The van der Waals surface area contributed by atoms with Crippen molar-refractivity contribution in [2.24, 2.45) is 0 Å². The molecular formula is C18H17FN4O5S. The van der Waals surface area contributed by atoms with Gasteiger partial charge >= 0.3 is 11.1 Å². The van der Waals surface area contributed by atoms with Crippen LogP contribution in [0.3, 0.4) is 0 Å². The summed E-state index contributed by atoms with van der Waals surface area (Å²) in [5.74, 6) is -0.726. The normalized spacial score (nSPS) is 11.5. The number of carbonyl (C=O) groups is 1. The topological polar surface area (TPSA) is 141 Å². The van der Waals surface area contributed by atoms with Crippen molar-refractivity contribution in [2.75, 3.05) is 13.1 Å². The van der Waals surface area contributed by atoms with Crippen LogP contribution in [0.2, 0.25) is 0 Å². The van der Waals surface area contributed by atoms with Gasteiger partial charge in [0, 0.05) is 13.1 Å². The lowest BCUT2D eigenvalue weighted by Gasteiger charge is -2.09. The summed E-state index contributed by atoms with van der Waals surface area (Å²) in [6, 6.07) is 9.37. The van der Waals surface area contributed by atoms with Crippen LogP contribution in [0.1, 0.15) is 5.56 Å². The van der Waals surface area contributed by atoms with Gasteiger partial charge in [0.2, 0.25) is 15.9 Å². The van der Waals surface area contributed by atoms with Gasteiger partial charge in [0.1, 0.15) is 5.82 Å². The van der Waals surface area contributed by atoms with E-state index in [1.807, 2.05) is 0 Å². The van der Waals surface area contributed by atoms with Crippen molar-refractivity contribution < 1.29 is 17.6 Å². The number of aromatic nitrogens is 2. The van der Waals surface area contributed by atoms with Crippen LogP contribution < -0.4 is 21.2 Å². The summed E-state index contributed by atoms with van der Waals surface area (Å²) in [4.78, 5) is 39.1. The second-order valence-corrected chi connectivity index (χ2v) is 7.93. The number of rotatable bonds is 7. The predicted octanol–water partition coefficient (Wildman–Crippen LogP) is -0.00730. The highest BCUT2D eigenvalue weighted by molar-refractivity contribution is 7.89. The Balaban J connectivity index is 1.57. The molecular weight excluding hydrogens is 403 g/mol. The molecule has 4 N–H and O–H groups in total. The summed E-state index contributed by atoms with van der Waals surface area (Å²) >= 11 is 0. The van der Waals surface area contributed by atoms with Gasteiger partial charge in [-0.05, 0) is 35.9 Å². The molecule has 11 heteroatoms. The minimum absolute atomic E-state index is 0.0449. The fourth-order valence-corrected chi connectivity index (χ4v) is 3.64. The SMILES string of the molecule is O=C(Cc1ccc(F)cc1)NCCNS(=O)(=O)c1ccc2[nH]c(=O)c(=O)[nH]c2c1. The van der Waals surface area contributed by atoms with E-state index in [0.717, 1.165) is 0 Å². The molecule has 0 aliphatic rings. The summed E-state index contributed by atoms with van der Waals surface area (Å²) in [6.45, 7) is -0.00529. The Labute approximate surface area is 164 Å². The number of benzene rings is 2. The Morgan fingerprint density at radius 2 is 1.59 bits per heavy atom. The van der Waals surface area contributed by atoms with Gasteiger partial charge in [-0.15, -0.1) is 0 Å². The van der Waals surface area contributed by atoms with Crippen molar-refractivity contribution in [2.45, 2.75) is 11.3 Å². The molecule has 2 aromatic carbocycles. The summed E-state index contributed by atoms with van der Waals surface area (Å²) in [7, 11) is -3.89. The van der Waals surface area contributed by atoms with Gasteiger partial charge in [-0.3, -0.25) is 14.4 Å². The summed E-state index contributed by atoms with van der Waals surface area (Å²) in [6.07, 6.45) is 0.0449. The van der Waals surface area contributed by atoms with E-state index in [4.69, 9.17) is 0 Å². The van der Waals surface area contributed by atoms with Gasteiger partial charge in [-0.2, -0.15) is 0 Å². The second kappa shape index (κ2) is 8.37. The molecule has 152 valence electrons. The molecule has 3 rings (SSSR count). The first-order chi connectivity index (χ1) is 13.7. The first-order valence-corrected chi connectivity index (χ1v) is 10.00. The fourth-order valence-electron chi connectivity index (χ4n) is 2.58. The molecule has 1 amide bonds. The molecule has 0 bridgehead atoms. The summed E-state index contributed by atoms with van der Waals surface area (Å²) < 4.78 is 39.9. The van der Waals surface area contributed by atoms with Gasteiger partial charge in [0.15, 0.2) is 0 Å². The smallest absolute Gasteiger partial charge is 0.314 e. The maximum absolute atomic E-state index is 12.8. The molecule has 0 unspecified atom stereocenters. The number of sulfonamides is 1. The van der Waals surface area contributed by atoms with Crippen LogP contribution in [0.15, 0.2) is 56.9 Å². The zero-order chi connectivity index (χ0) is 21.0. The Bertz CT molecular complexity index is 1270. The van der Waals surface area contributed by atoms with Crippen LogP contribution in [-0.2, 0) is 21.2 Å². The Kier molecular flexibility index (Phi) is 5.89. The number of amides is 1. The minimum atomic E-state index is -3.89. The lowest BCUT2D eigenvalue weighted by molar-refractivity contribution is -0.120. The minimum Gasteiger partial charge on any atom is -0.355 e. The number of hydrogen-bond donors (Lipinski definition) is 4. The molecule has 0 saturated carbocycles. The maximum atomic E-state index is 12.8. The van der Waals surface area contributed by atoms with Crippen molar-refractivity contribution in [3.8, 4) is 0 Å². The van der Waals surface area contributed by atoms with Gasteiger partial charge in [-0.25, -0.2) is 17.5 Å². The summed E-state index contributed by atoms with van der Waals surface area (Å²) in [5, 5.41) is 2.57. The third-order valence-electron chi connectivity index (χ3n) is 4.02. The first-order valence-electron chi connectivity index (χ1n) is 8.52. The number of H-pyrrole nitrogens is 2. The molecule has 0 radical (unpaired) electrons. The molecule has 0 atom stereocenters. The Hall–Kier alpha value is -3.31. The second-order valence-electron chi connectivity index (χ2n) is 6.17. The van der Waals surface area contributed by atoms with Crippen molar-refractivity contribution in [3.63, 3.8) is 0 Å². The highest BCUT2D eigenvalue weighted by Gasteiger charge is 2.15.